The second kappa shape index (κ2) is 13.1. The largest absolute Gasteiger partial charge is 2.00 e. The van der Waals surface area contributed by atoms with Gasteiger partial charge in [0.2, 0.25) is 0 Å². The van der Waals surface area contributed by atoms with Gasteiger partial charge in [0, 0.05) is 37.2 Å². The zero-order valence-electron chi connectivity index (χ0n) is 40.2. The van der Waals surface area contributed by atoms with E-state index >= 15 is 4.79 Å². The molecule has 2 aromatic heterocycles. The second-order valence-electron chi connectivity index (χ2n) is 21.5. The van der Waals surface area contributed by atoms with Gasteiger partial charge < -0.3 is 14.1 Å². The van der Waals surface area contributed by atoms with Gasteiger partial charge in [0.25, 0.3) is 0 Å². The molecule has 60 heavy (non-hydrogen) atoms. The van der Waals surface area contributed by atoms with Crippen molar-refractivity contribution in [2.45, 2.75) is 145 Å². The summed E-state index contributed by atoms with van der Waals surface area (Å²) in [7, 11) is 0. The Bertz CT molecular complexity index is 2990. The Morgan fingerprint density at radius 1 is 0.767 bits per heavy atom. The Morgan fingerprint density at radius 2 is 1.42 bits per heavy atom. The molecule has 0 radical (unpaired) electrons. The fraction of sp³-hybridized carbons (Fsp3) is 0.426. The second-order valence-corrected chi connectivity index (χ2v) is 21.5. The van der Waals surface area contributed by atoms with Crippen molar-refractivity contribution < 1.29 is 33.3 Å². The van der Waals surface area contributed by atoms with Crippen LogP contribution < -0.4 is 0 Å². The molecule has 0 saturated heterocycles. The molecule has 0 spiro atoms. The Hall–Kier alpha value is -4.34. The van der Waals surface area contributed by atoms with E-state index in [9.17, 15) is 2.74 Å². The average molecular weight is 979 g/mol. The molecule has 5 nitrogen and oxygen atoms in total. The van der Waals surface area contributed by atoms with Crippen LogP contribution in [0.4, 0.5) is 0 Å². The van der Waals surface area contributed by atoms with E-state index in [0.29, 0.717) is 28.2 Å². The quantitative estimate of drug-likeness (QED) is 0.131. The summed E-state index contributed by atoms with van der Waals surface area (Å²) in [5.74, 6) is 0.964. The number of benzene rings is 4. The molecule has 0 unspecified atom stereocenters. The van der Waals surface area contributed by atoms with E-state index in [1.807, 2.05) is 65.9 Å². The van der Waals surface area contributed by atoms with Crippen LogP contribution in [-0.4, -0.2) is 26.8 Å². The Morgan fingerprint density at radius 3 is 2.07 bits per heavy atom. The van der Waals surface area contributed by atoms with Crippen LogP contribution in [0.2, 0.25) is 0 Å². The summed E-state index contributed by atoms with van der Waals surface area (Å²) in [5.41, 5.74) is 9.52. The fourth-order valence-corrected chi connectivity index (χ4v) is 9.94. The van der Waals surface area contributed by atoms with Gasteiger partial charge in [-0.05, 0) is 94.4 Å². The SMILES string of the molecule is [2H]C1([2H])c2cc(C)c(C)cc2[C@@]2(C)N=C(c3[c-]c(C(=O)c4[c-]c5c(cc4C)c4cc(C(C)(C)C)cc6c4n5-c4ncc(C)cc4C6(C)C)cc(C(C)(C)C)c3)O[C@@]12C(C)(C)C.[Pt+2]. The standard InChI is InChI=1S/C54H59N3O2.Pt/c1-29-17-43-47(55-28-29)57-44-26-38(32(4)19-39(44)40-24-37(50(8,9)10)25-42(45(40)57)52(43,14)15)46(58)33-21-34(23-36(22-33)49(5,6)7)48-56-53(16)41-20-31(3)30(2)18-35(41)27-54(53,59-48)51(11,12)13;/h17-20,22-25,28H,27H2,1-16H3;/q-2;+2/t53-,54-;/m1./s1/i27D2;. The number of hydrogen-bond donors (Lipinski definition) is 0. The predicted molar refractivity (Wildman–Crippen MR) is 242 cm³/mol. The van der Waals surface area contributed by atoms with Crippen LogP contribution in [0.25, 0.3) is 27.6 Å². The van der Waals surface area contributed by atoms with Gasteiger partial charge in [0.05, 0.1) is 5.78 Å². The molecule has 0 N–H and O–H groups in total. The van der Waals surface area contributed by atoms with Crippen LogP contribution in [0.15, 0.2) is 59.7 Å². The summed E-state index contributed by atoms with van der Waals surface area (Å²) in [5, 5.41) is 2.17. The van der Waals surface area contributed by atoms with Gasteiger partial charge in [-0.15, -0.1) is 41.5 Å². The van der Waals surface area contributed by atoms with Crippen molar-refractivity contribution in [2.24, 2.45) is 10.4 Å². The van der Waals surface area contributed by atoms with E-state index in [-0.39, 0.29) is 43.1 Å². The number of fused-ring (bicyclic) bond motifs is 8. The van der Waals surface area contributed by atoms with Gasteiger partial charge in [-0.1, -0.05) is 129 Å². The number of aromatic nitrogens is 2. The zero-order chi connectivity index (χ0) is 44.5. The van der Waals surface area contributed by atoms with Crippen molar-refractivity contribution in [1.29, 1.82) is 0 Å². The number of pyridine rings is 1. The molecule has 2 atom stereocenters. The average Bonchev–Trinajstić information content (AvgIpc) is 3.71. The van der Waals surface area contributed by atoms with Crippen molar-refractivity contribution in [2.75, 3.05) is 0 Å². The molecule has 2 aliphatic heterocycles. The molecule has 0 saturated carbocycles. The minimum absolute atomic E-state index is 0. The summed E-state index contributed by atoms with van der Waals surface area (Å²) in [6, 6.07) is 24.3. The van der Waals surface area contributed by atoms with Gasteiger partial charge in [-0.3, -0.25) is 4.99 Å². The van der Waals surface area contributed by atoms with Crippen LogP contribution >= 0.6 is 0 Å². The molecule has 1 aliphatic carbocycles. The summed E-state index contributed by atoms with van der Waals surface area (Å²) in [6.45, 7) is 34.0. The molecule has 6 aromatic rings. The van der Waals surface area contributed by atoms with Gasteiger partial charge in [0.1, 0.15) is 22.9 Å². The molecule has 4 heterocycles. The molecular formula is C54H59N3O2Pt. The van der Waals surface area contributed by atoms with Crippen LogP contribution in [0.3, 0.4) is 0 Å². The van der Waals surface area contributed by atoms with Crippen molar-refractivity contribution in [3.63, 3.8) is 0 Å². The molecule has 9 rings (SSSR count). The van der Waals surface area contributed by atoms with Gasteiger partial charge in [-0.25, -0.2) is 4.98 Å². The summed E-state index contributed by atoms with van der Waals surface area (Å²) < 4.78 is 28.9. The van der Waals surface area contributed by atoms with Gasteiger partial charge in [0.15, 0.2) is 0 Å². The fourth-order valence-electron chi connectivity index (χ4n) is 9.94. The van der Waals surface area contributed by atoms with Crippen molar-refractivity contribution in [1.82, 2.24) is 9.55 Å². The van der Waals surface area contributed by atoms with Crippen LogP contribution in [0, 0.1) is 45.2 Å². The number of carbonyl (C=O) groups is 1. The number of aryl methyl sites for hydroxylation is 4. The molecule has 0 fully saturated rings. The maximum absolute atomic E-state index is 15.2. The van der Waals surface area contributed by atoms with Crippen molar-refractivity contribution >= 4 is 33.5 Å². The minimum atomic E-state index is -1.88. The molecular weight excluding hydrogens is 918 g/mol. The minimum Gasteiger partial charge on any atom is -0.501 e. The van der Waals surface area contributed by atoms with Gasteiger partial charge >= 0.3 is 21.1 Å². The monoisotopic (exact) mass is 978 g/mol. The maximum Gasteiger partial charge on any atom is 2.00 e. The van der Waals surface area contributed by atoms with E-state index in [1.165, 1.54) is 11.1 Å². The molecule has 3 aliphatic rings. The van der Waals surface area contributed by atoms with E-state index in [0.717, 1.165) is 66.6 Å². The number of nitrogens with zero attached hydrogens (tertiary/aromatic N) is 3. The molecule has 0 amide bonds. The van der Waals surface area contributed by atoms with Crippen LogP contribution in [0.1, 0.15) is 163 Å². The van der Waals surface area contributed by atoms with E-state index in [2.05, 4.69) is 116 Å². The third-order valence-corrected chi connectivity index (χ3v) is 13.8. The summed E-state index contributed by atoms with van der Waals surface area (Å²) in [6.07, 6.45) is 0.0467. The predicted octanol–water partition coefficient (Wildman–Crippen LogP) is 12.5. The van der Waals surface area contributed by atoms with E-state index in [4.69, 9.17) is 14.7 Å². The molecule has 4 aromatic carbocycles. The molecule has 6 heteroatoms. The zero-order valence-corrected chi connectivity index (χ0v) is 40.4. The van der Waals surface area contributed by atoms with Crippen molar-refractivity contribution in [3.8, 4) is 5.82 Å². The first-order chi connectivity index (χ1) is 28.0. The number of aliphatic imine (C=N–C) groups is 1. The number of rotatable bonds is 3. The Balaban J connectivity index is 0.00000529. The third kappa shape index (κ3) is 5.84. The smallest absolute Gasteiger partial charge is 0.501 e. The molecule has 312 valence electrons. The van der Waals surface area contributed by atoms with Crippen LogP contribution in [0.5, 0.6) is 0 Å². The first kappa shape index (κ1) is 39.8. The summed E-state index contributed by atoms with van der Waals surface area (Å²) >= 11 is 0. The number of ketones is 1. The number of carbonyl (C=O) groups excluding carboxylic acids is 1. The normalized spacial score (nSPS) is 21.7. The Kier molecular flexibility index (Phi) is 8.68. The van der Waals surface area contributed by atoms with Gasteiger partial charge in [-0.2, -0.15) is 0 Å². The van der Waals surface area contributed by atoms with Crippen molar-refractivity contribution in [3.05, 3.63) is 139 Å². The number of hydrogen-bond acceptors (Lipinski definition) is 4. The first-order valence-electron chi connectivity index (χ1n) is 22.1. The summed E-state index contributed by atoms with van der Waals surface area (Å²) in [4.78, 5) is 25.7. The topological polar surface area (TPSA) is 56.5 Å². The number of ether oxygens (including phenoxy) is 1. The molecule has 0 bridgehead atoms. The first-order valence-corrected chi connectivity index (χ1v) is 21.1. The van der Waals surface area contributed by atoms with Crippen LogP contribution in [-0.2, 0) is 54.0 Å². The van der Waals surface area contributed by atoms with E-state index < -0.39 is 22.9 Å². The maximum atomic E-state index is 15.2. The Labute approximate surface area is 374 Å². The van der Waals surface area contributed by atoms with E-state index in [1.54, 1.807) is 0 Å². The third-order valence-electron chi connectivity index (χ3n) is 13.8.